The molecule has 2 atom stereocenters. The molecule has 0 bridgehead atoms. The second-order valence-corrected chi connectivity index (χ2v) is 12.1. The summed E-state index contributed by atoms with van der Waals surface area (Å²) in [6, 6.07) is 18.0. The van der Waals surface area contributed by atoms with Crippen molar-refractivity contribution >= 4 is 23.0 Å². The van der Waals surface area contributed by atoms with Crippen molar-refractivity contribution in [3.05, 3.63) is 81.6 Å². The molecule has 1 aromatic heterocycles. The maximum absolute atomic E-state index is 13.9. The fraction of sp³-hybridized carbons (Fsp3) is 0.486. The fourth-order valence-electron chi connectivity index (χ4n) is 5.70. The number of hydrogen-bond acceptors (Lipinski definition) is 7. The van der Waals surface area contributed by atoms with E-state index in [9.17, 15) is 20.0 Å². The molecule has 3 aromatic rings. The molecule has 0 aliphatic carbocycles. The molecule has 0 saturated carbocycles. The lowest BCUT2D eigenvalue weighted by Crippen LogP contribution is -2.39. The number of anilines is 1. The molecule has 1 heterocycles. The summed E-state index contributed by atoms with van der Waals surface area (Å²) in [7, 11) is 1.62. The largest absolute Gasteiger partial charge is 0.492 e. The highest BCUT2D eigenvalue weighted by Gasteiger charge is 2.24. The van der Waals surface area contributed by atoms with Gasteiger partial charge in [-0.15, -0.1) is 5.11 Å². The van der Waals surface area contributed by atoms with Crippen LogP contribution in [0.1, 0.15) is 101 Å². The highest BCUT2D eigenvalue weighted by atomic mass is 16.3. The van der Waals surface area contributed by atoms with Crippen LogP contribution in [0.25, 0.3) is 0 Å². The van der Waals surface area contributed by atoms with E-state index < -0.39 is 11.4 Å². The summed E-state index contributed by atoms with van der Waals surface area (Å²) >= 11 is 0. The second-order valence-electron chi connectivity index (χ2n) is 12.1. The second kappa shape index (κ2) is 17.9. The molecule has 0 fully saturated rings. The van der Waals surface area contributed by atoms with Crippen LogP contribution in [0.15, 0.2) is 69.6 Å². The van der Waals surface area contributed by atoms with Gasteiger partial charge < -0.3 is 10.0 Å². The highest BCUT2D eigenvalue weighted by molar-refractivity contribution is 5.94. The zero-order valence-corrected chi connectivity index (χ0v) is 28.4. The Hall–Kier alpha value is -4.45. The number of aromatic hydroxyl groups is 1. The van der Waals surface area contributed by atoms with Crippen molar-refractivity contribution in [2.24, 2.45) is 22.1 Å². The van der Waals surface area contributed by atoms with E-state index >= 15 is 0 Å². The van der Waals surface area contributed by atoms with Crippen molar-refractivity contribution in [1.82, 2.24) is 9.58 Å². The summed E-state index contributed by atoms with van der Waals surface area (Å²) in [6.45, 7) is 11.9. The summed E-state index contributed by atoms with van der Waals surface area (Å²) in [4.78, 5) is 29.1. The average Bonchev–Trinajstić information content (AvgIpc) is 3.08. The lowest BCUT2D eigenvalue weighted by molar-refractivity contribution is 0.0685. The number of rotatable bonds is 17. The molecule has 46 heavy (non-hydrogen) atoms. The third-order valence-corrected chi connectivity index (χ3v) is 8.80. The Morgan fingerprint density at radius 2 is 1.48 bits per heavy atom. The van der Waals surface area contributed by atoms with E-state index in [-0.39, 0.29) is 22.7 Å². The van der Waals surface area contributed by atoms with Gasteiger partial charge in [-0.05, 0) is 68.0 Å². The van der Waals surface area contributed by atoms with Crippen LogP contribution in [0.4, 0.5) is 17.1 Å². The molecule has 0 aliphatic heterocycles. The predicted octanol–water partition coefficient (Wildman–Crippen LogP) is 8.92. The van der Waals surface area contributed by atoms with Gasteiger partial charge in [0.15, 0.2) is 5.69 Å². The van der Waals surface area contributed by atoms with Gasteiger partial charge in [0.25, 0.3) is 11.5 Å². The van der Waals surface area contributed by atoms with Crippen LogP contribution >= 0.6 is 0 Å². The molecule has 9 nitrogen and oxygen atoms in total. The number of carbonyl (C=O) groups is 1. The van der Waals surface area contributed by atoms with Gasteiger partial charge in [0.1, 0.15) is 11.6 Å². The summed E-state index contributed by atoms with van der Waals surface area (Å²) in [5.41, 5.74) is 1.16. The van der Waals surface area contributed by atoms with Gasteiger partial charge in [0.2, 0.25) is 5.88 Å². The fourth-order valence-corrected chi connectivity index (χ4v) is 5.70. The van der Waals surface area contributed by atoms with E-state index in [4.69, 9.17) is 0 Å². The number of hydrogen-bond donors (Lipinski definition) is 1. The molecule has 1 amide bonds. The molecule has 2 aromatic carbocycles. The molecule has 0 aliphatic rings. The van der Waals surface area contributed by atoms with Gasteiger partial charge in [0, 0.05) is 31.3 Å². The van der Waals surface area contributed by atoms with E-state index in [1.165, 1.54) is 5.01 Å². The first-order valence-electron chi connectivity index (χ1n) is 16.7. The van der Waals surface area contributed by atoms with E-state index in [0.29, 0.717) is 28.8 Å². The number of aromatic nitrogens is 1. The van der Waals surface area contributed by atoms with Crippen molar-refractivity contribution < 1.29 is 9.90 Å². The summed E-state index contributed by atoms with van der Waals surface area (Å²) < 4.78 is 1.01. The molecule has 0 spiro atoms. The van der Waals surface area contributed by atoms with Gasteiger partial charge in [-0.2, -0.15) is 15.1 Å². The normalized spacial score (nSPS) is 12.5. The quantitative estimate of drug-likeness (QED) is 0.150. The van der Waals surface area contributed by atoms with Crippen LogP contribution in [0.5, 0.6) is 5.88 Å². The third kappa shape index (κ3) is 9.06. The van der Waals surface area contributed by atoms with Crippen molar-refractivity contribution in [1.29, 1.82) is 5.26 Å². The first-order valence-corrected chi connectivity index (χ1v) is 16.7. The first-order chi connectivity index (χ1) is 22.2. The summed E-state index contributed by atoms with van der Waals surface area (Å²) in [6.07, 6.45) is 8.96. The minimum Gasteiger partial charge on any atom is -0.492 e. The molecule has 2 unspecified atom stereocenters. The van der Waals surface area contributed by atoms with Crippen molar-refractivity contribution in [2.75, 3.05) is 25.1 Å². The lowest BCUT2D eigenvalue weighted by Gasteiger charge is -2.31. The van der Waals surface area contributed by atoms with E-state index in [1.54, 1.807) is 50.4 Å². The number of para-hydroxylation sites is 1. The molecule has 0 saturated heterocycles. The zero-order valence-electron chi connectivity index (χ0n) is 28.4. The standard InChI is InChI=1S/C37H50N6O3/c1-7-11-16-28(9-3)25-42(26-29(10-4)17-12-8-2)35(44)30-20-22-31(23-21-30)39-40-34-27(5)33(24-38)36(45)43(37(34)46)41(6)32-18-14-13-15-19-32/h13-15,18-23,28-29,46H,7-12,16-17,25-26H2,1-6H3/b40-39+. The SMILES string of the molecule is CCCCC(CC)CN(CC(CC)CCCC)C(=O)c1ccc(/N=N/c2c(C)c(C#N)c(=O)n(N(C)c3ccccc3)c2O)cc1. The Bertz CT molecular complexity index is 1520. The monoisotopic (exact) mass is 626 g/mol. The van der Waals surface area contributed by atoms with Crippen LogP contribution in [-0.4, -0.2) is 40.7 Å². The number of pyridine rings is 1. The molecular formula is C37H50N6O3. The van der Waals surface area contributed by atoms with Crippen LogP contribution in [0.2, 0.25) is 0 Å². The summed E-state index contributed by atoms with van der Waals surface area (Å²) in [5.74, 6) is 0.538. The maximum Gasteiger partial charge on any atom is 0.290 e. The Balaban J connectivity index is 1.91. The molecule has 9 heteroatoms. The van der Waals surface area contributed by atoms with Crippen molar-refractivity contribution in [3.8, 4) is 11.9 Å². The number of carbonyl (C=O) groups excluding carboxylic acids is 1. The van der Waals surface area contributed by atoms with Crippen LogP contribution in [0, 0.1) is 30.1 Å². The minimum absolute atomic E-state index is 0.0145. The topological polar surface area (TPSA) is 114 Å². The lowest BCUT2D eigenvalue weighted by atomic mass is 9.95. The number of benzene rings is 2. The smallest absolute Gasteiger partial charge is 0.290 e. The van der Waals surface area contributed by atoms with E-state index in [1.807, 2.05) is 24.3 Å². The van der Waals surface area contributed by atoms with Gasteiger partial charge in [-0.25, -0.2) is 0 Å². The van der Waals surface area contributed by atoms with Gasteiger partial charge in [-0.1, -0.05) is 84.4 Å². The molecular weight excluding hydrogens is 576 g/mol. The molecule has 1 N–H and O–H groups in total. The number of unbranched alkanes of at least 4 members (excludes halogenated alkanes) is 2. The molecule has 0 radical (unpaired) electrons. The third-order valence-electron chi connectivity index (χ3n) is 8.80. The number of azo groups is 1. The Morgan fingerprint density at radius 3 is 1.98 bits per heavy atom. The van der Waals surface area contributed by atoms with Gasteiger partial charge in [-0.3, -0.25) is 14.6 Å². The van der Waals surface area contributed by atoms with E-state index in [0.717, 1.165) is 69.1 Å². The van der Waals surface area contributed by atoms with Crippen molar-refractivity contribution in [3.63, 3.8) is 0 Å². The predicted molar refractivity (Wildman–Crippen MR) is 185 cm³/mol. The molecule has 3 rings (SSSR count). The Kier molecular flexibility index (Phi) is 14.0. The van der Waals surface area contributed by atoms with Crippen LogP contribution in [-0.2, 0) is 0 Å². The summed E-state index contributed by atoms with van der Waals surface area (Å²) in [5, 5.41) is 31.0. The van der Waals surface area contributed by atoms with Crippen LogP contribution in [0.3, 0.4) is 0 Å². The van der Waals surface area contributed by atoms with Gasteiger partial charge >= 0.3 is 0 Å². The zero-order chi connectivity index (χ0) is 33.6. The van der Waals surface area contributed by atoms with E-state index in [2.05, 4.69) is 42.8 Å². The number of amides is 1. The first kappa shape index (κ1) is 36.0. The average molecular weight is 627 g/mol. The minimum atomic E-state index is -0.657. The van der Waals surface area contributed by atoms with Crippen molar-refractivity contribution in [2.45, 2.75) is 86.0 Å². The molecule has 246 valence electrons. The number of nitriles is 1. The Morgan fingerprint density at radius 1 is 0.913 bits per heavy atom. The number of nitrogens with zero attached hydrogens (tertiary/aromatic N) is 6. The Labute approximate surface area is 274 Å². The van der Waals surface area contributed by atoms with Gasteiger partial charge in [0.05, 0.1) is 11.4 Å². The van der Waals surface area contributed by atoms with Crippen LogP contribution < -0.4 is 10.6 Å². The maximum atomic E-state index is 13.9. The highest BCUT2D eigenvalue weighted by Crippen LogP contribution is 2.33.